The van der Waals surface area contributed by atoms with E-state index in [1.807, 2.05) is 6.26 Å². The van der Waals surface area contributed by atoms with Gasteiger partial charge in [0.25, 0.3) is 0 Å². The Kier molecular flexibility index (Phi) is 4.50. The Bertz CT molecular complexity index is 337. The van der Waals surface area contributed by atoms with E-state index in [1.165, 1.54) is 0 Å². The van der Waals surface area contributed by atoms with Crippen LogP contribution in [0.5, 0.6) is 0 Å². The predicted octanol–water partition coefficient (Wildman–Crippen LogP) is 0.449. The molecule has 0 aromatic carbocycles. The van der Waals surface area contributed by atoms with Crippen molar-refractivity contribution in [1.82, 2.24) is 10.6 Å². The normalized spacial score (nSPS) is 31.3. The molecular weight excluding hydrogens is 252 g/mol. The van der Waals surface area contributed by atoms with Gasteiger partial charge in [0.2, 0.25) is 5.91 Å². The van der Waals surface area contributed by atoms with Gasteiger partial charge in [-0.15, -0.1) is 0 Å². The van der Waals surface area contributed by atoms with E-state index in [0.717, 1.165) is 25.0 Å². The van der Waals surface area contributed by atoms with Crippen molar-refractivity contribution in [2.45, 2.75) is 43.8 Å². The highest BCUT2D eigenvalue weighted by atomic mass is 32.2. The summed E-state index contributed by atoms with van der Waals surface area (Å²) in [5.41, 5.74) is 0. The maximum Gasteiger partial charge on any atom is 0.326 e. The molecule has 102 valence electrons. The summed E-state index contributed by atoms with van der Waals surface area (Å²) in [6, 6.07) is -0.0331. The summed E-state index contributed by atoms with van der Waals surface area (Å²) in [5, 5.41) is 15.2. The van der Waals surface area contributed by atoms with Crippen LogP contribution in [0.2, 0.25) is 0 Å². The van der Waals surface area contributed by atoms with E-state index in [0.29, 0.717) is 12.5 Å². The summed E-state index contributed by atoms with van der Waals surface area (Å²) in [7, 11) is 0. The summed E-state index contributed by atoms with van der Waals surface area (Å²) >= 11 is 1.59. The number of amides is 1. The zero-order valence-corrected chi connectivity index (χ0v) is 11.3. The first-order valence-corrected chi connectivity index (χ1v) is 7.79. The number of aliphatic carboxylic acids is 1. The van der Waals surface area contributed by atoms with Gasteiger partial charge in [0, 0.05) is 12.1 Å². The third-order valence-electron chi connectivity index (χ3n) is 3.86. The molecule has 5 nitrogen and oxygen atoms in total. The van der Waals surface area contributed by atoms with Crippen LogP contribution < -0.4 is 10.6 Å². The average molecular weight is 272 g/mol. The van der Waals surface area contributed by atoms with Crippen LogP contribution in [-0.2, 0) is 9.59 Å². The van der Waals surface area contributed by atoms with Gasteiger partial charge in [0.05, 0.1) is 5.92 Å². The minimum Gasteiger partial charge on any atom is -0.480 e. The zero-order valence-electron chi connectivity index (χ0n) is 10.5. The molecule has 0 saturated carbocycles. The minimum absolute atomic E-state index is 0.0418. The number of rotatable bonds is 6. The largest absolute Gasteiger partial charge is 0.480 e. The van der Waals surface area contributed by atoms with Gasteiger partial charge >= 0.3 is 5.97 Å². The van der Waals surface area contributed by atoms with Crippen molar-refractivity contribution in [2.24, 2.45) is 5.92 Å². The quantitative estimate of drug-likeness (QED) is 0.654. The first-order chi connectivity index (χ1) is 8.61. The van der Waals surface area contributed by atoms with Crippen LogP contribution in [0.4, 0.5) is 0 Å². The molecule has 1 amide bonds. The first-order valence-electron chi connectivity index (χ1n) is 6.40. The number of nitrogens with one attached hydrogen (secondary N) is 2. The fourth-order valence-electron chi connectivity index (χ4n) is 2.89. The lowest BCUT2D eigenvalue weighted by atomic mass is 9.88. The molecule has 0 aromatic rings. The van der Waals surface area contributed by atoms with Gasteiger partial charge in [-0.05, 0) is 37.7 Å². The third-order valence-corrected chi connectivity index (χ3v) is 4.51. The van der Waals surface area contributed by atoms with E-state index in [2.05, 4.69) is 10.6 Å². The van der Waals surface area contributed by atoms with Crippen LogP contribution in [-0.4, -0.2) is 47.1 Å². The number of carboxylic acids is 1. The first kappa shape index (κ1) is 13.7. The van der Waals surface area contributed by atoms with E-state index in [9.17, 15) is 9.59 Å². The van der Waals surface area contributed by atoms with Crippen molar-refractivity contribution in [1.29, 1.82) is 0 Å². The molecule has 18 heavy (non-hydrogen) atoms. The number of hydrogen-bond acceptors (Lipinski definition) is 4. The van der Waals surface area contributed by atoms with E-state index >= 15 is 0 Å². The predicted molar refractivity (Wildman–Crippen MR) is 70.6 cm³/mol. The van der Waals surface area contributed by atoms with Gasteiger partial charge in [-0.3, -0.25) is 4.79 Å². The lowest BCUT2D eigenvalue weighted by Crippen LogP contribution is -2.46. The Morgan fingerprint density at radius 1 is 1.50 bits per heavy atom. The second-order valence-corrected chi connectivity index (χ2v) is 6.06. The number of carbonyl (C=O) groups excluding carboxylic acids is 1. The fraction of sp³-hybridized carbons (Fsp3) is 0.833. The van der Waals surface area contributed by atoms with E-state index in [-0.39, 0.29) is 17.9 Å². The maximum absolute atomic E-state index is 12.1. The molecule has 2 aliphatic rings. The van der Waals surface area contributed by atoms with Crippen molar-refractivity contribution in [3.8, 4) is 0 Å². The molecule has 0 aromatic heterocycles. The van der Waals surface area contributed by atoms with Crippen LogP contribution >= 0.6 is 11.8 Å². The number of fused-ring (bicyclic) bond motifs is 2. The Labute approximate surface area is 111 Å². The van der Waals surface area contributed by atoms with E-state index in [1.54, 1.807) is 11.8 Å². The molecule has 0 aliphatic carbocycles. The molecule has 4 atom stereocenters. The van der Waals surface area contributed by atoms with Crippen LogP contribution in [0.25, 0.3) is 0 Å². The van der Waals surface area contributed by atoms with Gasteiger partial charge in [0.15, 0.2) is 0 Å². The summed E-state index contributed by atoms with van der Waals surface area (Å²) < 4.78 is 0. The van der Waals surface area contributed by atoms with Crippen molar-refractivity contribution in [3.63, 3.8) is 0 Å². The van der Waals surface area contributed by atoms with Crippen molar-refractivity contribution < 1.29 is 14.7 Å². The Morgan fingerprint density at radius 2 is 2.28 bits per heavy atom. The van der Waals surface area contributed by atoms with Gasteiger partial charge in [0.1, 0.15) is 6.04 Å². The van der Waals surface area contributed by atoms with Crippen molar-refractivity contribution in [3.05, 3.63) is 0 Å². The molecule has 3 N–H and O–H groups in total. The number of hydrogen-bond donors (Lipinski definition) is 3. The van der Waals surface area contributed by atoms with Gasteiger partial charge in [-0.1, -0.05) is 0 Å². The Morgan fingerprint density at radius 3 is 2.78 bits per heavy atom. The molecule has 2 fully saturated rings. The summed E-state index contributed by atoms with van der Waals surface area (Å²) in [4.78, 5) is 23.2. The molecule has 2 saturated heterocycles. The molecule has 2 bridgehead atoms. The van der Waals surface area contributed by atoms with Crippen LogP contribution in [0, 0.1) is 5.92 Å². The van der Waals surface area contributed by atoms with E-state index in [4.69, 9.17) is 5.11 Å². The molecular formula is C12H20N2O3S. The fourth-order valence-corrected chi connectivity index (χ4v) is 3.36. The molecule has 6 heteroatoms. The van der Waals surface area contributed by atoms with Crippen LogP contribution in [0.15, 0.2) is 0 Å². The van der Waals surface area contributed by atoms with Gasteiger partial charge in [-0.25, -0.2) is 4.79 Å². The van der Waals surface area contributed by atoms with E-state index < -0.39 is 12.0 Å². The highest BCUT2D eigenvalue weighted by Crippen LogP contribution is 2.33. The summed E-state index contributed by atoms with van der Waals surface area (Å²) in [5.74, 6) is -0.330. The monoisotopic (exact) mass is 272 g/mol. The lowest BCUT2D eigenvalue weighted by Gasteiger charge is -2.22. The molecule has 4 unspecified atom stereocenters. The average Bonchev–Trinajstić information content (AvgIpc) is 2.95. The SMILES string of the molecule is CSCCC(NC(=O)C1CC2CCC1N2)C(=O)O. The molecule has 2 heterocycles. The van der Waals surface area contributed by atoms with Gasteiger partial charge in [-0.2, -0.15) is 11.8 Å². The van der Waals surface area contributed by atoms with Crippen molar-refractivity contribution in [2.75, 3.05) is 12.0 Å². The molecule has 2 aliphatic heterocycles. The number of thioether (sulfide) groups is 1. The third kappa shape index (κ3) is 2.98. The summed E-state index contributed by atoms with van der Waals surface area (Å²) in [6.45, 7) is 0. The van der Waals surface area contributed by atoms with Gasteiger partial charge < -0.3 is 15.7 Å². The van der Waals surface area contributed by atoms with Crippen LogP contribution in [0.3, 0.4) is 0 Å². The Balaban J connectivity index is 1.86. The Hall–Kier alpha value is -0.750. The topological polar surface area (TPSA) is 78.4 Å². The molecule has 0 spiro atoms. The molecule has 0 radical (unpaired) electrons. The highest BCUT2D eigenvalue weighted by Gasteiger charge is 2.43. The zero-order chi connectivity index (χ0) is 13.1. The highest BCUT2D eigenvalue weighted by molar-refractivity contribution is 7.98. The second-order valence-electron chi connectivity index (χ2n) is 5.07. The maximum atomic E-state index is 12.1. The number of carboxylic acid groups (broad SMARTS) is 1. The summed E-state index contributed by atoms with van der Waals surface area (Å²) in [6.07, 6.45) is 5.44. The van der Waals surface area contributed by atoms with Crippen LogP contribution in [0.1, 0.15) is 25.7 Å². The second kappa shape index (κ2) is 5.93. The standard InChI is InChI=1S/C12H20N2O3S/c1-18-5-4-10(12(16)17)14-11(15)8-6-7-2-3-9(8)13-7/h7-10,13H,2-6H2,1H3,(H,14,15)(H,16,17). The van der Waals surface area contributed by atoms with Crippen molar-refractivity contribution >= 4 is 23.6 Å². The number of carbonyl (C=O) groups is 2. The minimum atomic E-state index is -0.937. The molecule has 2 rings (SSSR count). The lowest BCUT2D eigenvalue weighted by molar-refractivity contribution is -0.142. The smallest absolute Gasteiger partial charge is 0.326 e.